The highest BCUT2D eigenvalue weighted by Gasteiger charge is 2.16. The number of anilines is 1. The molecule has 1 aromatic heterocycles. The normalized spacial score (nSPS) is 13.3. The molecule has 2 aromatic rings. The number of carbonyl (C=O) groups excluding carboxylic acids is 1. The molecule has 0 bridgehead atoms. The predicted octanol–water partition coefficient (Wildman–Crippen LogP) is 3.78. The first-order valence-corrected chi connectivity index (χ1v) is 8.84. The van der Waals surface area contributed by atoms with Crippen molar-refractivity contribution >= 4 is 23.5 Å². The van der Waals surface area contributed by atoms with Gasteiger partial charge in [0.15, 0.2) is 0 Å². The minimum Gasteiger partial charge on any atom is -0.467 e. The summed E-state index contributed by atoms with van der Waals surface area (Å²) in [7, 11) is 0. The van der Waals surface area contributed by atoms with E-state index in [2.05, 4.69) is 16.9 Å². The number of benzene rings is 1. The van der Waals surface area contributed by atoms with Crippen molar-refractivity contribution in [3.63, 3.8) is 0 Å². The number of rotatable bonds is 7. The summed E-state index contributed by atoms with van der Waals surface area (Å²) in [6.45, 7) is 1.84. The second-order valence-electron chi connectivity index (χ2n) is 5.40. The third kappa shape index (κ3) is 5.65. The van der Waals surface area contributed by atoms with Crippen molar-refractivity contribution in [2.24, 2.45) is 0 Å². The standard InChI is InChI=1S/C17H22N2O3S/c1-12(10-15(20)16-4-3-9-22-16)18-17(21)19-14-7-5-13(6-8-14)11-23-2/h3-9,12,15,20H,10-11H2,1-2H3,(H2,18,19,21). The van der Waals surface area contributed by atoms with E-state index in [0.717, 1.165) is 11.4 Å². The van der Waals surface area contributed by atoms with E-state index in [1.807, 2.05) is 31.2 Å². The summed E-state index contributed by atoms with van der Waals surface area (Å²) in [5.74, 6) is 1.46. The second-order valence-corrected chi connectivity index (χ2v) is 6.26. The number of amides is 2. The van der Waals surface area contributed by atoms with Gasteiger partial charge in [-0.2, -0.15) is 11.8 Å². The quantitative estimate of drug-likeness (QED) is 0.720. The number of aliphatic hydroxyl groups excluding tert-OH is 1. The van der Waals surface area contributed by atoms with Crippen LogP contribution in [0.4, 0.5) is 10.5 Å². The topological polar surface area (TPSA) is 74.5 Å². The molecule has 2 unspecified atom stereocenters. The van der Waals surface area contributed by atoms with Gasteiger partial charge in [0.2, 0.25) is 0 Å². The van der Waals surface area contributed by atoms with E-state index in [1.54, 1.807) is 23.9 Å². The summed E-state index contributed by atoms with van der Waals surface area (Å²) >= 11 is 1.76. The Bertz CT molecular complexity index is 599. The summed E-state index contributed by atoms with van der Waals surface area (Å²) in [4.78, 5) is 12.0. The van der Waals surface area contributed by atoms with Crippen LogP contribution in [0.1, 0.15) is 30.8 Å². The van der Waals surface area contributed by atoms with E-state index in [4.69, 9.17) is 4.42 Å². The van der Waals surface area contributed by atoms with E-state index < -0.39 is 6.10 Å². The van der Waals surface area contributed by atoms with Crippen molar-refractivity contribution in [1.82, 2.24) is 5.32 Å². The lowest BCUT2D eigenvalue weighted by Crippen LogP contribution is -2.37. The Balaban J connectivity index is 1.79. The van der Waals surface area contributed by atoms with Gasteiger partial charge >= 0.3 is 6.03 Å². The number of nitrogens with one attached hydrogen (secondary N) is 2. The van der Waals surface area contributed by atoms with Crippen molar-refractivity contribution in [1.29, 1.82) is 0 Å². The Morgan fingerprint density at radius 1 is 1.30 bits per heavy atom. The molecule has 0 aliphatic heterocycles. The number of carbonyl (C=O) groups is 1. The minimum atomic E-state index is -0.730. The lowest BCUT2D eigenvalue weighted by Gasteiger charge is -2.17. The van der Waals surface area contributed by atoms with Gasteiger partial charge < -0.3 is 20.2 Å². The summed E-state index contributed by atoms with van der Waals surface area (Å²) in [6.07, 6.45) is 3.22. The zero-order valence-electron chi connectivity index (χ0n) is 13.3. The van der Waals surface area contributed by atoms with Gasteiger partial charge in [0, 0.05) is 23.9 Å². The van der Waals surface area contributed by atoms with Crippen LogP contribution < -0.4 is 10.6 Å². The van der Waals surface area contributed by atoms with Crippen LogP contribution in [0.2, 0.25) is 0 Å². The summed E-state index contributed by atoms with van der Waals surface area (Å²) < 4.78 is 5.15. The molecule has 23 heavy (non-hydrogen) atoms. The van der Waals surface area contributed by atoms with E-state index in [-0.39, 0.29) is 12.1 Å². The monoisotopic (exact) mass is 334 g/mol. The van der Waals surface area contributed by atoms with Crippen LogP contribution in [-0.2, 0) is 5.75 Å². The zero-order valence-corrected chi connectivity index (χ0v) is 14.1. The highest BCUT2D eigenvalue weighted by atomic mass is 32.2. The molecule has 0 aliphatic rings. The van der Waals surface area contributed by atoms with Crippen molar-refractivity contribution in [2.75, 3.05) is 11.6 Å². The SMILES string of the molecule is CSCc1ccc(NC(=O)NC(C)CC(O)c2ccco2)cc1. The summed E-state index contributed by atoms with van der Waals surface area (Å²) in [5, 5.41) is 15.6. The Kier molecular flexibility index (Phi) is 6.55. The third-order valence-electron chi connectivity index (χ3n) is 3.35. The fraction of sp³-hybridized carbons (Fsp3) is 0.353. The van der Waals surface area contributed by atoms with Crippen LogP contribution in [0.3, 0.4) is 0 Å². The fourth-order valence-corrected chi connectivity index (χ4v) is 2.76. The average molecular weight is 334 g/mol. The molecule has 0 spiro atoms. The summed E-state index contributed by atoms with van der Waals surface area (Å²) in [6, 6.07) is 10.7. The molecular formula is C17H22N2O3S. The Morgan fingerprint density at radius 3 is 2.65 bits per heavy atom. The van der Waals surface area contributed by atoms with Crippen LogP contribution in [0, 0.1) is 0 Å². The molecule has 124 valence electrons. The maximum Gasteiger partial charge on any atom is 0.319 e. The average Bonchev–Trinajstić information content (AvgIpc) is 3.03. The van der Waals surface area contributed by atoms with Crippen LogP contribution in [0.5, 0.6) is 0 Å². The molecule has 2 atom stereocenters. The van der Waals surface area contributed by atoms with Crippen LogP contribution in [0.25, 0.3) is 0 Å². The smallest absolute Gasteiger partial charge is 0.319 e. The van der Waals surface area contributed by atoms with Crippen LogP contribution >= 0.6 is 11.8 Å². The van der Waals surface area contributed by atoms with Gasteiger partial charge in [0.25, 0.3) is 0 Å². The maximum atomic E-state index is 12.0. The molecule has 0 saturated carbocycles. The predicted molar refractivity (Wildman–Crippen MR) is 93.6 cm³/mol. The maximum absolute atomic E-state index is 12.0. The van der Waals surface area contributed by atoms with Crippen molar-refractivity contribution in [3.8, 4) is 0 Å². The van der Waals surface area contributed by atoms with Crippen molar-refractivity contribution < 1.29 is 14.3 Å². The summed E-state index contributed by atoms with van der Waals surface area (Å²) in [5.41, 5.74) is 1.96. The van der Waals surface area contributed by atoms with Crippen molar-refractivity contribution in [2.45, 2.75) is 31.2 Å². The van der Waals surface area contributed by atoms with Gasteiger partial charge in [-0.25, -0.2) is 4.79 Å². The molecule has 6 heteroatoms. The minimum absolute atomic E-state index is 0.189. The molecule has 1 heterocycles. The molecule has 2 rings (SSSR count). The highest BCUT2D eigenvalue weighted by Crippen LogP contribution is 2.18. The van der Waals surface area contributed by atoms with Crippen LogP contribution in [0.15, 0.2) is 47.1 Å². The molecule has 0 saturated heterocycles. The Hall–Kier alpha value is -1.92. The molecule has 3 N–H and O–H groups in total. The van der Waals surface area contributed by atoms with Gasteiger partial charge in [-0.1, -0.05) is 12.1 Å². The first-order valence-electron chi connectivity index (χ1n) is 7.45. The van der Waals surface area contributed by atoms with Gasteiger partial charge in [0.1, 0.15) is 11.9 Å². The Morgan fingerprint density at radius 2 is 2.04 bits per heavy atom. The number of urea groups is 1. The van der Waals surface area contributed by atoms with Crippen LogP contribution in [-0.4, -0.2) is 23.4 Å². The molecule has 0 radical (unpaired) electrons. The molecule has 5 nitrogen and oxygen atoms in total. The van der Waals surface area contributed by atoms with Gasteiger partial charge in [-0.15, -0.1) is 0 Å². The number of aliphatic hydroxyl groups is 1. The largest absolute Gasteiger partial charge is 0.467 e. The van der Waals surface area contributed by atoms with Crippen molar-refractivity contribution in [3.05, 3.63) is 54.0 Å². The lowest BCUT2D eigenvalue weighted by atomic mass is 10.1. The third-order valence-corrected chi connectivity index (χ3v) is 3.97. The number of furan rings is 1. The van der Waals surface area contributed by atoms with Gasteiger partial charge in [0.05, 0.1) is 6.26 Å². The zero-order chi connectivity index (χ0) is 16.7. The van der Waals surface area contributed by atoms with Gasteiger partial charge in [-0.05, 0) is 43.0 Å². The number of hydrogen-bond donors (Lipinski definition) is 3. The van der Waals surface area contributed by atoms with E-state index in [1.165, 1.54) is 11.8 Å². The van der Waals surface area contributed by atoms with E-state index in [9.17, 15) is 9.90 Å². The fourth-order valence-electron chi connectivity index (χ4n) is 2.23. The molecular weight excluding hydrogens is 312 g/mol. The number of hydrogen-bond acceptors (Lipinski definition) is 4. The molecule has 2 amide bonds. The first kappa shape index (κ1) is 17.4. The molecule has 0 fully saturated rings. The van der Waals surface area contributed by atoms with E-state index >= 15 is 0 Å². The lowest BCUT2D eigenvalue weighted by molar-refractivity contribution is 0.130. The molecule has 1 aromatic carbocycles. The highest BCUT2D eigenvalue weighted by molar-refractivity contribution is 7.97. The second kappa shape index (κ2) is 8.64. The Labute approximate surface area is 140 Å². The first-order chi connectivity index (χ1) is 11.1. The van der Waals surface area contributed by atoms with E-state index in [0.29, 0.717) is 12.2 Å². The molecule has 0 aliphatic carbocycles. The number of thioether (sulfide) groups is 1. The van der Waals surface area contributed by atoms with Gasteiger partial charge in [-0.3, -0.25) is 0 Å².